The monoisotopic (exact) mass is 425 g/mol. The van der Waals surface area contributed by atoms with Gasteiger partial charge >= 0.3 is 6.18 Å². The summed E-state index contributed by atoms with van der Waals surface area (Å²) in [5.74, 6) is -0.625. The van der Waals surface area contributed by atoms with E-state index in [2.05, 4.69) is 10.6 Å². The van der Waals surface area contributed by atoms with Crippen LogP contribution in [0.5, 0.6) is 0 Å². The molecule has 2 aromatic rings. The molecule has 9 heteroatoms. The molecule has 1 atom stereocenters. The summed E-state index contributed by atoms with van der Waals surface area (Å²) < 4.78 is 39.2. The third-order valence-corrected chi connectivity index (χ3v) is 4.88. The number of rotatable bonds is 5. The molecule has 0 spiro atoms. The van der Waals surface area contributed by atoms with Crippen LogP contribution in [0.15, 0.2) is 42.5 Å². The Morgan fingerprint density at radius 2 is 1.93 bits per heavy atom. The molecular weight excluding hydrogens is 407 g/mol. The number of nitrogens with zero attached hydrogens (tertiary/aromatic N) is 1. The van der Waals surface area contributed by atoms with E-state index < -0.39 is 23.7 Å². The van der Waals surface area contributed by atoms with Crippen molar-refractivity contribution in [2.75, 3.05) is 22.1 Å². The number of hydrogen-bond acceptors (Lipinski definition) is 3. The second-order valence-electron chi connectivity index (χ2n) is 6.71. The van der Waals surface area contributed by atoms with Gasteiger partial charge in [0.15, 0.2) is 0 Å². The van der Waals surface area contributed by atoms with E-state index in [0.717, 1.165) is 12.5 Å². The van der Waals surface area contributed by atoms with Gasteiger partial charge in [0.25, 0.3) is 0 Å². The second kappa shape index (κ2) is 8.32. The number of amides is 2. The summed E-state index contributed by atoms with van der Waals surface area (Å²) in [4.78, 5) is 25.8. The Morgan fingerprint density at radius 3 is 2.55 bits per heavy atom. The Morgan fingerprint density at radius 1 is 1.21 bits per heavy atom. The zero-order valence-electron chi connectivity index (χ0n) is 15.5. The van der Waals surface area contributed by atoms with Crippen LogP contribution in [0.1, 0.15) is 25.3 Å². The minimum absolute atomic E-state index is 0.00341. The predicted octanol–water partition coefficient (Wildman–Crippen LogP) is 4.92. The van der Waals surface area contributed by atoms with Crippen LogP contribution in [-0.2, 0) is 15.8 Å². The van der Waals surface area contributed by atoms with Crippen LogP contribution in [0.3, 0.4) is 0 Å². The van der Waals surface area contributed by atoms with Crippen molar-refractivity contribution in [1.82, 2.24) is 0 Å². The van der Waals surface area contributed by atoms with Crippen LogP contribution < -0.4 is 15.5 Å². The molecule has 154 valence electrons. The molecule has 5 nitrogen and oxygen atoms in total. The minimum Gasteiger partial charge on any atom is -0.374 e. The number of hydrogen-bond donors (Lipinski definition) is 2. The molecule has 0 saturated carbocycles. The van der Waals surface area contributed by atoms with Crippen LogP contribution in [0, 0.1) is 0 Å². The van der Waals surface area contributed by atoms with Gasteiger partial charge in [-0.15, -0.1) is 0 Å². The van der Waals surface area contributed by atoms with Gasteiger partial charge in [-0.05, 0) is 43.7 Å². The van der Waals surface area contributed by atoms with Crippen molar-refractivity contribution >= 4 is 40.5 Å². The summed E-state index contributed by atoms with van der Waals surface area (Å²) in [7, 11) is 0. The largest absolute Gasteiger partial charge is 0.418 e. The molecule has 2 amide bonds. The van der Waals surface area contributed by atoms with E-state index in [4.69, 9.17) is 11.6 Å². The predicted molar refractivity (Wildman–Crippen MR) is 106 cm³/mol. The van der Waals surface area contributed by atoms with E-state index in [-0.39, 0.29) is 11.6 Å². The summed E-state index contributed by atoms with van der Waals surface area (Å²) in [6.07, 6.45) is -3.32. The van der Waals surface area contributed by atoms with Crippen molar-refractivity contribution in [2.45, 2.75) is 32.0 Å². The van der Waals surface area contributed by atoms with Gasteiger partial charge in [-0.2, -0.15) is 13.2 Å². The first kappa shape index (κ1) is 21.0. The SMILES string of the molecule is C[C@@H](Nc1ccc(N2CCCC2=O)c(Cl)c1)C(=O)Nc1ccccc1C(F)(F)F. The molecule has 1 saturated heterocycles. The standard InChI is InChI=1S/C20H19ClF3N3O2/c1-12(19(29)26-16-6-3-2-5-14(16)20(22,23)24)25-13-8-9-17(15(21)11-13)27-10-4-7-18(27)28/h2-3,5-6,8-9,11-12,25H,4,7,10H2,1H3,(H,26,29)/t12-/m1/s1. The number of carbonyl (C=O) groups is 2. The highest BCUT2D eigenvalue weighted by Crippen LogP contribution is 2.35. The maximum Gasteiger partial charge on any atom is 0.418 e. The van der Waals surface area contributed by atoms with E-state index in [1.165, 1.54) is 25.1 Å². The van der Waals surface area contributed by atoms with E-state index in [0.29, 0.717) is 29.4 Å². The van der Waals surface area contributed by atoms with Gasteiger partial charge < -0.3 is 15.5 Å². The van der Waals surface area contributed by atoms with Gasteiger partial charge in [0.05, 0.1) is 22.0 Å². The first-order chi connectivity index (χ1) is 13.7. The van der Waals surface area contributed by atoms with Gasteiger partial charge in [-0.25, -0.2) is 0 Å². The summed E-state index contributed by atoms with van der Waals surface area (Å²) in [6.45, 7) is 2.13. The topological polar surface area (TPSA) is 61.4 Å². The molecule has 1 fully saturated rings. The lowest BCUT2D eigenvalue weighted by atomic mass is 10.1. The number of halogens is 4. The molecular formula is C20H19ClF3N3O2. The summed E-state index contributed by atoms with van der Waals surface area (Å²) in [6, 6.07) is 8.88. The molecule has 0 radical (unpaired) electrons. The van der Waals surface area contributed by atoms with E-state index in [1.54, 1.807) is 23.1 Å². The Hall–Kier alpha value is -2.74. The quantitative estimate of drug-likeness (QED) is 0.714. The number of anilines is 3. The molecule has 1 aliphatic heterocycles. The zero-order valence-corrected chi connectivity index (χ0v) is 16.3. The first-order valence-corrected chi connectivity index (χ1v) is 9.38. The van der Waals surface area contributed by atoms with Crippen molar-refractivity contribution in [3.8, 4) is 0 Å². The van der Waals surface area contributed by atoms with Gasteiger partial charge in [-0.3, -0.25) is 9.59 Å². The van der Waals surface area contributed by atoms with Crippen LogP contribution >= 0.6 is 11.6 Å². The summed E-state index contributed by atoms with van der Waals surface area (Å²) in [5, 5.41) is 5.56. The smallest absolute Gasteiger partial charge is 0.374 e. The van der Waals surface area contributed by atoms with E-state index in [1.807, 2.05) is 0 Å². The summed E-state index contributed by atoms with van der Waals surface area (Å²) in [5.41, 5.74) is -0.115. The Balaban J connectivity index is 1.69. The van der Waals surface area contributed by atoms with Gasteiger partial charge in [0.2, 0.25) is 11.8 Å². The third-order valence-electron chi connectivity index (χ3n) is 4.58. The lowest BCUT2D eigenvalue weighted by Gasteiger charge is -2.20. The van der Waals surface area contributed by atoms with Crippen molar-refractivity contribution in [3.05, 3.63) is 53.1 Å². The van der Waals surface area contributed by atoms with Crippen LogP contribution in [0.25, 0.3) is 0 Å². The molecule has 0 aromatic heterocycles. The third kappa shape index (κ3) is 4.82. The highest BCUT2D eigenvalue weighted by Gasteiger charge is 2.34. The molecule has 0 aliphatic carbocycles. The molecule has 0 bridgehead atoms. The van der Waals surface area contributed by atoms with Crippen LogP contribution in [0.4, 0.5) is 30.2 Å². The number of nitrogens with one attached hydrogen (secondary N) is 2. The maximum absolute atomic E-state index is 13.1. The van der Waals surface area contributed by atoms with Crippen LogP contribution in [-0.4, -0.2) is 24.4 Å². The van der Waals surface area contributed by atoms with Gasteiger partial charge in [-0.1, -0.05) is 23.7 Å². The highest BCUT2D eigenvalue weighted by molar-refractivity contribution is 6.34. The first-order valence-electron chi connectivity index (χ1n) is 9.00. The summed E-state index contributed by atoms with van der Waals surface area (Å²) >= 11 is 6.28. The minimum atomic E-state index is -4.57. The number of para-hydroxylation sites is 1. The lowest BCUT2D eigenvalue weighted by Crippen LogP contribution is -2.32. The van der Waals surface area contributed by atoms with Crippen molar-refractivity contribution in [2.24, 2.45) is 0 Å². The fourth-order valence-electron chi connectivity index (χ4n) is 3.11. The van der Waals surface area contributed by atoms with Crippen molar-refractivity contribution < 1.29 is 22.8 Å². The average molecular weight is 426 g/mol. The van der Waals surface area contributed by atoms with Gasteiger partial charge in [0, 0.05) is 18.7 Å². The molecule has 2 N–H and O–H groups in total. The molecule has 0 unspecified atom stereocenters. The average Bonchev–Trinajstić information content (AvgIpc) is 3.07. The normalized spacial score (nSPS) is 15.3. The zero-order chi connectivity index (χ0) is 21.2. The fraction of sp³-hybridized carbons (Fsp3) is 0.300. The van der Waals surface area contributed by atoms with E-state index in [9.17, 15) is 22.8 Å². The molecule has 2 aromatic carbocycles. The van der Waals surface area contributed by atoms with Crippen molar-refractivity contribution in [1.29, 1.82) is 0 Å². The molecule has 1 heterocycles. The Labute approximate surface area is 170 Å². The van der Waals surface area contributed by atoms with Gasteiger partial charge in [0.1, 0.15) is 6.04 Å². The number of carbonyl (C=O) groups excluding carboxylic acids is 2. The van der Waals surface area contributed by atoms with Crippen molar-refractivity contribution in [3.63, 3.8) is 0 Å². The fourth-order valence-corrected chi connectivity index (χ4v) is 3.40. The number of benzene rings is 2. The molecule has 29 heavy (non-hydrogen) atoms. The molecule has 1 aliphatic rings. The van der Waals surface area contributed by atoms with E-state index >= 15 is 0 Å². The lowest BCUT2D eigenvalue weighted by molar-refractivity contribution is -0.137. The second-order valence-corrected chi connectivity index (χ2v) is 7.12. The Bertz CT molecular complexity index is 933. The Kier molecular flexibility index (Phi) is 6.02. The molecule has 3 rings (SSSR count). The maximum atomic E-state index is 13.1. The van der Waals surface area contributed by atoms with Crippen LogP contribution in [0.2, 0.25) is 5.02 Å². The number of alkyl halides is 3. The highest BCUT2D eigenvalue weighted by atomic mass is 35.5.